The minimum Gasteiger partial charge on any atom is -0.334 e. The van der Waals surface area contributed by atoms with Crippen molar-refractivity contribution < 1.29 is 4.79 Å². The van der Waals surface area contributed by atoms with E-state index >= 15 is 0 Å². The molecule has 0 aliphatic heterocycles. The highest BCUT2D eigenvalue weighted by Gasteiger charge is 1.99. The molecule has 0 saturated heterocycles. The van der Waals surface area contributed by atoms with Crippen molar-refractivity contribution in [2.75, 3.05) is 11.9 Å². The van der Waals surface area contributed by atoms with Gasteiger partial charge in [-0.2, -0.15) is 5.26 Å². The van der Waals surface area contributed by atoms with E-state index in [0.29, 0.717) is 17.8 Å². The van der Waals surface area contributed by atoms with Crippen molar-refractivity contribution in [3.05, 3.63) is 42.5 Å². The van der Waals surface area contributed by atoms with Crippen molar-refractivity contribution in [2.24, 2.45) is 0 Å². The molecule has 1 aromatic rings. The number of carbonyl (C=O) groups excluding carboxylic acids is 1. The smallest absolute Gasteiger partial charge is 0.319 e. The molecule has 0 unspecified atom stereocenters. The first-order valence-electron chi connectivity index (χ1n) is 4.42. The molecule has 0 radical (unpaired) electrons. The normalized spacial score (nSPS) is 8.73. The number of hydrogen-bond donors (Lipinski definition) is 2. The van der Waals surface area contributed by atoms with E-state index < -0.39 is 0 Å². The van der Waals surface area contributed by atoms with Crippen LogP contribution in [0, 0.1) is 11.3 Å². The van der Waals surface area contributed by atoms with Crippen LogP contribution in [0.5, 0.6) is 0 Å². The summed E-state index contributed by atoms with van der Waals surface area (Å²) < 4.78 is 0. The van der Waals surface area contributed by atoms with Crippen LogP contribution in [-0.2, 0) is 0 Å². The Balaban J connectivity index is 2.54. The van der Waals surface area contributed by atoms with E-state index in [1.54, 1.807) is 30.3 Å². The summed E-state index contributed by atoms with van der Waals surface area (Å²) in [6.07, 6.45) is 1.60. The Labute approximate surface area is 88.2 Å². The third-order valence-corrected chi connectivity index (χ3v) is 1.68. The van der Waals surface area contributed by atoms with Crippen molar-refractivity contribution in [3.8, 4) is 6.07 Å². The summed E-state index contributed by atoms with van der Waals surface area (Å²) in [5.41, 5.74) is 1.21. The van der Waals surface area contributed by atoms with Gasteiger partial charge in [-0.05, 0) is 24.3 Å². The second-order valence-electron chi connectivity index (χ2n) is 2.81. The van der Waals surface area contributed by atoms with E-state index in [1.165, 1.54) is 0 Å². The van der Waals surface area contributed by atoms with Gasteiger partial charge in [0.1, 0.15) is 0 Å². The van der Waals surface area contributed by atoms with E-state index in [1.807, 2.05) is 6.07 Å². The Morgan fingerprint density at radius 2 is 2.13 bits per heavy atom. The van der Waals surface area contributed by atoms with Crippen LogP contribution in [0.3, 0.4) is 0 Å². The molecule has 2 N–H and O–H groups in total. The van der Waals surface area contributed by atoms with Gasteiger partial charge in [-0.1, -0.05) is 6.08 Å². The average molecular weight is 201 g/mol. The molecular formula is C11H11N3O. The fraction of sp³-hybridized carbons (Fsp3) is 0.0909. The highest BCUT2D eigenvalue weighted by Crippen LogP contribution is 2.08. The van der Waals surface area contributed by atoms with E-state index in [4.69, 9.17) is 5.26 Å². The Kier molecular flexibility index (Phi) is 3.92. The number of nitriles is 1. The quantitative estimate of drug-likeness (QED) is 0.733. The molecule has 0 saturated carbocycles. The maximum atomic E-state index is 11.2. The number of carbonyl (C=O) groups is 1. The van der Waals surface area contributed by atoms with Crippen LogP contribution in [-0.4, -0.2) is 12.6 Å². The van der Waals surface area contributed by atoms with E-state index in [9.17, 15) is 4.79 Å². The third-order valence-electron chi connectivity index (χ3n) is 1.68. The summed E-state index contributed by atoms with van der Waals surface area (Å²) in [6.45, 7) is 3.90. The number of nitrogens with one attached hydrogen (secondary N) is 2. The number of anilines is 1. The lowest BCUT2D eigenvalue weighted by Gasteiger charge is -2.05. The largest absolute Gasteiger partial charge is 0.334 e. The van der Waals surface area contributed by atoms with Gasteiger partial charge in [-0.3, -0.25) is 0 Å². The summed E-state index contributed by atoms with van der Waals surface area (Å²) in [4.78, 5) is 11.2. The first-order chi connectivity index (χ1) is 7.26. The second-order valence-corrected chi connectivity index (χ2v) is 2.81. The molecule has 0 aromatic heterocycles. The molecule has 1 aromatic carbocycles. The summed E-state index contributed by atoms with van der Waals surface area (Å²) in [5, 5.41) is 13.8. The first kappa shape index (κ1) is 10.8. The fourth-order valence-electron chi connectivity index (χ4n) is 0.968. The predicted octanol–water partition coefficient (Wildman–Crippen LogP) is 1.87. The second kappa shape index (κ2) is 5.45. The van der Waals surface area contributed by atoms with E-state index in [2.05, 4.69) is 17.2 Å². The minimum atomic E-state index is -0.292. The zero-order valence-corrected chi connectivity index (χ0v) is 8.16. The van der Waals surface area contributed by atoms with Crippen LogP contribution >= 0.6 is 0 Å². The Bertz CT molecular complexity index is 389. The lowest BCUT2D eigenvalue weighted by atomic mass is 10.2. The molecule has 0 aliphatic carbocycles. The number of hydrogen-bond acceptors (Lipinski definition) is 2. The maximum absolute atomic E-state index is 11.2. The molecule has 0 heterocycles. The number of nitrogens with zero attached hydrogens (tertiary/aromatic N) is 1. The summed E-state index contributed by atoms with van der Waals surface area (Å²) in [5.74, 6) is 0. The molecule has 0 fully saturated rings. The number of amides is 2. The van der Waals surface area contributed by atoms with Crippen LogP contribution in [0.1, 0.15) is 5.56 Å². The van der Waals surface area contributed by atoms with Gasteiger partial charge in [0.05, 0.1) is 11.6 Å². The van der Waals surface area contributed by atoms with Crippen LogP contribution in [0.4, 0.5) is 10.5 Å². The molecule has 4 heteroatoms. The van der Waals surface area contributed by atoms with E-state index in [-0.39, 0.29) is 6.03 Å². The molecule has 0 atom stereocenters. The van der Waals surface area contributed by atoms with Gasteiger partial charge >= 0.3 is 6.03 Å². The SMILES string of the molecule is C=CCNC(=O)Nc1ccc(C#N)cc1. The molecule has 0 bridgehead atoms. The van der Waals surface area contributed by atoms with Crippen LogP contribution in [0.25, 0.3) is 0 Å². The Morgan fingerprint density at radius 1 is 1.47 bits per heavy atom. The maximum Gasteiger partial charge on any atom is 0.319 e. The van der Waals surface area contributed by atoms with Crippen LogP contribution < -0.4 is 10.6 Å². The van der Waals surface area contributed by atoms with Crippen molar-refractivity contribution in [1.82, 2.24) is 5.32 Å². The highest BCUT2D eigenvalue weighted by molar-refractivity contribution is 5.89. The molecule has 15 heavy (non-hydrogen) atoms. The highest BCUT2D eigenvalue weighted by atomic mass is 16.2. The van der Waals surface area contributed by atoms with Crippen LogP contribution in [0.2, 0.25) is 0 Å². The predicted molar refractivity (Wildman–Crippen MR) is 58.4 cm³/mol. The molecule has 4 nitrogen and oxygen atoms in total. The van der Waals surface area contributed by atoms with Crippen molar-refractivity contribution in [3.63, 3.8) is 0 Å². The zero-order valence-electron chi connectivity index (χ0n) is 8.16. The van der Waals surface area contributed by atoms with Gasteiger partial charge in [0.15, 0.2) is 0 Å². The Hall–Kier alpha value is -2.28. The monoisotopic (exact) mass is 201 g/mol. The molecule has 76 valence electrons. The lowest BCUT2D eigenvalue weighted by Crippen LogP contribution is -2.28. The molecule has 0 aliphatic rings. The standard InChI is InChI=1S/C11H11N3O/c1-2-7-13-11(15)14-10-5-3-9(8-12)4-6-10/h2-6H,1,7H2,(H2,13,14,15). The van der Waals surface area contributed by atoms with Gasteiger partial charge in [0.2, 0.25) is 0 Å². The number of rotatable bonds is 3. The molecule has 2 amide bonds. The van der Waals surface area contributed by atoms with Crippen LogP contribution in [0.15, 0.2) is 36.9 Å². The van der Waals surface area contributed by atoms with Crippen molar-refractivity contribution in [2.45, 2.75) is 0 Å². The topological polar surface area (TPSA) is 64.9 Å². The molecule has 0 spiro atoms. The molecule has 1 rings (SSSR count). The first-order valence-corrected chi connectivity index (χ1v) is 4.42. The number of urea groups is 1. The molecular weight excluding hydrogens is 190 g/mol. The fourth-order valence-corrected chi connectivity index (χ4v) is 0.968. The van der Waals surface area contributed by atoms with Gasteiger partial charge in [-0.25, -0.2) is 4.79 Å². The van der Waals surface area contributed by atoms with Crippen molar-refractivity contribution >= 4 is 11.7 Å². The van der Waals surface area contributed by atoms with Gasteiger partial charge in [0.25, 0.3) is 0 Å². The summed E-state index contributed by atoms with van der Waals surface area (Å²) in [6, 6.07) is 8.34. The minimum absolute atomic E-state index is 0.292. The average Bonchev–Trinajstić information content (AvgIpc) is 2.27. The van der Waals surface area contributed by atoms with E-state index in [0.717, 1.165) is 0 Å². The Morgan fingerprint density at radius 3 is 2.67 bits per heavy atom. The zero-order chi connectivity index (χ0) is 11.1. The van der Waals surface area contributed by atoms with Gasteiger partial charge in [0, 0.05) is 12.2 Å². The summed E-state index contributed by atoms with van der Waals surface area (Å²) in [7, 11) is 0. The van der Waals surface area contributed by atoms with Gasteiger partial charge in [-0.15, -0.1) is 6.58 Å². The third kappa shape index (κ3) is 3.53. The number of benzene rings is 1. The van der Waals surface area contributed by atoms with Crippen molar-refractivity contribution in [1.29, 1.82) is 5.26 Å². The lowest BCUT2D eigenvalue weighted by molar-refractivity contribution is 0.253. The summed E-state index contributed by atoms with van der Waals surface area (Å²) >= 11 is 0. The van der Waals surface area contributed by atoms with Gasteiger partial charge < -0.3 is 10.6 Å².